The van der Waals surface area contributed by atoms with Crippen molar-refractivity contribution >= 4 is 33.4 Å². The Balaban J connectivity index is 1.96. The van der Waals surface area contributed by atoms with E-state index < -0.39 is 11.8 Å². The number of hydrogen-bond acceptors (Lipinski definition) is 5. The molecule has 0 saturated carbocycles. The lowest BCUT2D eigenvalue weighted by Gasteiger charge is -2.04. The zero-order chi connectivity index (χ0) is 19.4. The highest BCUT2D eigenvalue weighted by atomic mass is 32.1. The number of benzene rings is 2. The van der Waals surface area contributed by atoms with E-state index in [0.29, 0.717) is 20.8 Å². The van der Waals surface area contributed by atoms with E-state index in [2.05, 4.69) is 4.99 Å². The molecule has 1 amide bonds. The van der Waals surface area contributed by atoms with Gasteiger partial charge in [-0.1, -0.05) is 23.5 Å². The molecule has 140 valence electrons. The summed E-state index contributed by atoms with van der Waals surface area (Å²) in [5.41, 5.74) is 1.40. The van der Waals surface area contributed by atoms with Gasteiger partial charge in [-0.05, 0) is 35.9 Å². The van der Waals surface area contributed by atoms with Gasteiger partial charge in [0.2, 0.25) is 0 Å². The molecule has 1 aromatic heterocycles. The highest BCUT2D eigenvalue weighted by molar-refractivity contribution is 7.16. The molecule has 0 atom stereocenters. The number of esters is 1. The number of rotatable bonds is 5. The van der Waals surface area contributed by atoms with Gasteiger partial charge in [0.15, 0.2) is 4.80 Å². The summed E-state index contributed by atoms with van der Waals surface area (Å²) in [7, 11) is 2.85. The van der Waals surface area contributed by atoms with Crippen LogP contribution in [0.4, 0.5) is 4.39 Å². The number of halogens is 1. The molecule has 0 spiro atoms. The third-order valence-corrected chi connectivity index (χ3v) is 4.94. The largest absolute Gasteiger partial charge is 0.497 e. The number of aromatic nitrogens is 1. The van der Waals surface area contributed by atoms with Crippen molar-refractivity contribution in [2.75, 3.05) is 14.2 Å². The van der Waals surface area contributed by atoms with Gasteiger partial charge in [0, 0.05) is 0 Å². The maximum atomic E-state index is 13.5. The van der Waals surface area contributed by atoms with Gasteiger partial charge in [-0.25, -0.2) is 4.39 Å². The second-order valence-electron chi connectivity index (χ2n) is 5.69. The standard InChI is InChI=1S/C19H17FN2O4S/c1-25-14-6-3-12(4-7-14)9-17(23)21-19-22(11-18(24)26-2)15-8-5-13(20)10-16(15)27-19/h3-8,10H,9,11H2,1-2H3. The maximum Gasteiger partial charge on any atom is 0.325 e. The van der Waals surface area contributed by atoms with E-state index in [1.807, 2.05) is 0 Å². The number of amides is 1. The number of hydrogen-bond donors (Lipinski definition) is 0. The Morgan fingerprint density at radius 2 is 1.89 bits per heavy atom. The molecule has 0 unspecified atom stereocenters. The van der Waals surface area contributed by atoms with Crippen LogP contribution in [0.25, 0.3) is 10.2 Å². The monoisotopic (exact) mass is 388 g/mol. The van der Waals surface area contributed by atoms with Crippen LogP contribution in [0.3, 0.4) is 0 Å². The number of thiazole rings is 1. The quantitative estimate of drug-likeness (QED) is 0.630. The van der Waals surface area contributed by atoms with E-state index in [-0.39, 0.29) is 18.9 Å². The molecule has 8 heteroatoms. The summed E-state index contributed by atoms with van der Waals surface area (Å²) in [6.45, 7) is -0.114. The Morgan fingerprint density at radius 3 is 2.56 bits per heavy atom. The third-order valence-electron chi connectivity index (χ3n) is 3.89. The van der Waals surface area contributed by atoms with E-state index >= 15 is 0 Å². The Bertz CT molecular complexity index is 1050. The third kappa shape index (κ3) is 4.40. The van der Waals surface area contributed by atoms with E-state index in [4.69, 9.17) is 9.47 Å². The first-order valence-electron chi connectivity index (χ1n) is 8.06. The second-order valence-corrected chi connectivity index (χ2v) is 6.70. The van der Waals surface area contributed by atoms with Gasteiger partial charge in [-0.3, -0.25) is 9.59 Å². The highest BCUT2D eigenvalue weighted by Crippen LogP contribution is 2.19. The highest BCUT2D eigenvalue weighted by Gasteiger charge is 2.12. The Hall–Kier alpha value is -3.00. The van der Waals surface area contributed by atoms with Crippen LogP contribution in [0.5, 0.6) is 5.75 Å². The van der Waals surface area contributed by atoms with Gasteiger partial charge in [-0.2, -0.15) is 4.99 Å². The first-order chi connectivity index (χ1) is 13.0. The predicted octanol–water partition coefficient (Wildman–Crippen LogP) is 2.69. The summed E-state index contributed by atoms with van der Waals surface area (Å²) in [5.74, 6) is -0.551. The molecule has 0 aliphatic carbocycles. The van der Waals surface area contributed by atoms with Crippen molar-refractivity contribution in [3.05, 3.63) is 58.6 Å². The Labute approximate surface area is 158 Å². The normalized spacial score (nSPS) is 11.6. The number of nitrogens with zero attached hydrogens (tertiary/aromatic N) is 2. The van der Waals surface area contributed by atoms with Crippen molar-refractivity contribution in [1.82, 2.24) is 4.57 Å². The maximum absolute atomic E-state index is 13.5. The summed E-state index contributed by atoms with van der Waals surface area (Å²) in [6, 6.07) is 11.3. The van der Waals surface area contributed by atoms with Crippen LogP contribution in [0.2, 0.25) is 0 Å². The zero-order valence-corrected chi connectivity index (χ0v) is 15.6. The van der Waals surface area contributed by atoms with Gasteiger partial charge in [0.05, 0.1) is 30.9 Å². The van der Waals surface area contributed by atoms with Crippen LogP contribution < -0.4 is 9.54 Å². The fourth-order valence-electron chi connectivity index (χ4n) is 2.54. The lowest BCUT2D eigenvalue weighted by molar-refractivity contribution is -0.141. The van der Waals surface area contributed by atoms with Crippen LogP contribution in [0.15, 0.2) is 47.5 Å². The van der Waals surface area contributed by atoms with Gasteiger partial charge in [-0.15, -0.1) is 0 Å². The molecule has 0 aliphatic rings. The molecule has 0 saturated heterocycles. The minimum atomic E-state index is -0.483. The van der Waals surface area contributed by atoms with Crippen LogP contribution in [0, 0.1) is 5.82 Å². The fraction of sp³-hybridized carbons (Fsp3) is 0.211. The van der Waals surface area contributed by atoms with Crippen molar-refractivity contribution in [1.29, 1.82) is 0 Å². The summed E-state index contributed by atoms with van der Waals surface area (Å²) in [6.07, 6.45) is 0.102. The van der Waals surface area contributed by atoms with Crippen molar-refractivity contribution in [2.45, 2.75) is 13.0 Å². The smallest absolute Gasteiger partial charge is 0.325 e. The summed E-state index contributed by atoms with van der Waals surface area (Å²) in [5, 5.41) is 0. The van der Waals surface area contributed by atoms with Crippen LogP contribution in [0.1, 0.15) is 5.56 Å². The molecule has 2 aromatic carbocycles. The van der Waals surface area contributed by atoms with Gasteiger partial charge >= 0.3 is 5.97 Å². The fourth-order valence-corrected chi connectivity index (χ4v) is 3.61. The van der Waals surface area contributed by atoms with Crippen LogP contribution in [-0.4, -0.2) is 30.7 Å². The van der Waals surface area contributed by atoms with Gasteiger partial charge in [0.25, 0.3) is 5.91 Å². The average Bonchev–Trinajstić information content (AvgIpc) is 2.98. The predicted molar refractivity (Wildman–Crippen MR) is 99.1 cm³/mol. The molecule has 6 nitrogen and oxygen atoms in total. The first-order valence-corrected chi connectivity index (χ1v) is 8.88. The van der Waals surface area contributed by atoms with E-state index in [1.165, 1.54) is 19.2 Å². The molecule has 3 aromatic rings. The molecular formula is C19H17FN2O4S. The lowest BCUT2D eigenvalue weighted by Crippen LogP contribution is -2.22. The number of fused-ring (bicyclic) bond motifs is 1. The Morgan fingerprint density at radius 1 is 1.15 bits per heavy atom. The first kappa shape index (κ1) is 18.8. The summed E-state index contributed by atoms with van der Waals surface area (Å²) < 4.78 is 25.5. The molecular weight excluding hydrogens is 371 g/mol. The molecule has 27 heavy (non-hydrogen) atoms. The van der Waals surface area contributed by atoms with Gasteiger partial charge in [0.1, 0.15) is 18.1 Å². The van der Waals surface area contributed by atoms with Crippen molar-refractivity contribution in [3.8, 4) is 5.75 Å². The average molecular weight is 388 g/mol. The molecule has 0 bridgehead atoms. The van der Waals surface area contributed by atoms with Crippen molar-refractivity contribution in [3.63, 3.8) is 0 Å². The Kier molecular flexibility index (Phi) is 5.66. The van der Waals surface area contributed by atoms with Crippen molar-refractivity contribution < 1.29 is 23.5 Å². The minimum Gasteiger partial charge on any atom is -0.497 e. The molecule has 0 aliphatic heterocycles. The molecule has 1 heterocycles. The van der Waals surface area contributed by atoms with Crippen molar-refractivity contribution in [2.24, 2.45) is 4.99 Å². The second kappa shape index (κ2) is 8.13. The number of carbonyl (C=O) groups is 2. The summed E-state index contributed by atoms with van der Waals surface area (Å²) in [4.78, 5) is 28.6. The SMILES string of the molecule is COC(=O)Cn1c(=NC(=O)Cc2ccc(OC)cc2)sc2cc(F)ccc21. The number of ether oxygens (including phenoxy) is 2. The van der Waals surface area contributed by atoms with Crippen LogP contribution >= 0.6 is 11.3 Å². The van der Waals surface area contributed by atoms with E-state index in [0.717, 1.165) is 16.9 Å². The number of methoxy groups -OCH3 is 2. The van der Waals surface area contributed by atoms with Gasteiger partial charge < -0.3 is 14.0 Å². The lowest BCUT2D eigenvalue weighted by atomic mass is 10.1. The molecule has 3 rings (SSSR count). The zero-order valence-electron chi connectivity index (χ0n) is 14.8. The minimum absolute atomic E-state index is 0.102. The molecule has 0 N–H and O–H groups in total. The van der Waals surface area contributed by atoms with E-state index in [1.54, 1.807) is 42.0 Å². The summed E-state index contributed by atoms with van der Waals surface area (Å²) >= 11 is 1.14. The topological polar surface area (TPSA) is 69.9 Å². The molecule has 0 radical (unpaired) electrons. The van der Waals surface area contributed by atoms with E-state index in [9.17, 15) is 14.0 Å². The number of carbonyl (C=O) groups excluding carboxylic acids is 2. The van der Waals surface area contributed by atoms with Crippen LogP contribution in [-0.2, 0) is 27.3 Å². The molecule has 0 fully saturated rings.